The van der Waals surface area contributed by atoms with Crippen molar-refractivity contribution in [1.29, 1.82) is 0 Å². The second-order valence-corrected chi connectivity index (χ2v) is 2.71. The lowest BCUT2D eigenvalue weighted by Gasteiger charge is -2.10. The van der Waals surface area contributed by atoms with Crippen molar-refractivity contribution in [3.05, 3.63) is 60.3 Å². The van der Waals surface area contributed by atoms with E-state index in [2.05, 4.69) is 54.7 Å². The first-order chi connectivity index (χ1) is 5.47. The van der Waals surface area contributed by atoms with E-state index in [1.165, 1.54) is 5.57 Å². The van der Waals surface area contributed by atoms with Crippen LogP contribution in [0.25, 0.3) is 0 Å². The highest BCUT2D eigenvalue weighted by Gasteiger charge is 2.06. The van der Waals surface area contributed by atoms with Crippen LogP contribution in [0.4, 0.5) is 0 Å². The molecule has 0 amide bonds. The summed E-state index contributed by atoms with van der Waals surface area (Å²) in [7, 11) is 0. The zero-order valence-corrected chi connectivity index (χ0v) is 6.27. The molecule has 2 aliphatic rings. The summed E-state index contributed by atoms with van der Waals surface area (Å²) in [6.45, 7) is 0. The molecule has 0 aromatic carbocycles. The lowest BCUT2D eigenvalue weighted by Crippen LogP contribution is -1.96. The minimum atomic E-state index is 0.495. The van der Waals surface area contributed by atoms with E-state index in [1.54, 1.807) is 0 Å². The zero-order chi connectivity index (χ0) is 7.52. The van der Waals surface area contributed by atoms with Crippen molar-refractivity contribution >= 4 is 0 Å². The van der Waals surface area contributed by atoms with E-state index >= 15 is 0 Å². The van der Waals surface area contributed by atoms with Gasteiger partial charge in [0.15, 0.2) is 0 Å². The largest absolute Gasteiger partial charge is 0.0732 e. The maximum atomic E-state index is 2.20. The Morgan fingerprint density at radius 2 is 1.64 bits per heavy atom. The van der Waals surface area contributed by atoms with Gasteiger partial charge < -0.3 is 0 Å². The number of allylic oxidation sites excluding steroid dienone is 10. The SMILES string of the molecule is C1=CC=C2C=CC=CC2C=C1. The van der Waals surface area contributed by atoms with Crippen molar-refractivity contribution in [1.82, 2.24) is 0 Å². The Bertz CT molecular complexity index is 285. The molecular formula is C11H10. The van der Waals surface area contributed by atoms with E-state index in [1.807, 2.05) is 0 Å². The molecule has 0 aromatic heterocycles. The summed E-state index contributed by atoms with van der Waals surface area (Å²) in [5.74, 6) is 0.495. The first-order valence-electron chi connectivity index (χ1n) is 3.87. The van der Waals surface area contributed by atoms with Crippen molar-refractivity contribution in [3.63, 3.8) is 0 Å². The number of hydrogen-bond acceptors (Lipinski definition) is 0. The molecule has 0 nitrogen and oxygen atoms in total. The highest BCUT2D eigenvalue weighted by molar-refractivity contribution is 5.40. The van der Waals surface area contributed by atoms with Gasteiger partial charge in [-0.15, -0.1) is 0 Å². The molecule has 54 valence electrons. The summed E-state index contributed by atoms with van der Waals surface area (Å²) >= 11 is 0. The van der Waals surface area contributed by atoms with Crippen LogP contribution in [-0.4, -0.2) is 0 Å². The van der Waals surface area contributed by atoms with Gasteiger partial charge in [0.25, 0.3) is 0 Å². The summed E-state index contributed by atoms with van der Waals surface area (Å²) in [6.07, 6.45) is 19.1. The van der Waals surface area contributed by atoms with Gasteiger partial charge in [-0.05, 0) is 5.57 Å². The second kappa shape index (κ2) is 2.75. The standard InChI is InChI=1S/C11H10/c1-2-6-10-8-4-5-9-11(10)7-3-1/h1-10H. The summed E-state index contributed by atoms with van der Waals surface area (Å²) in [5, 5.41) is 0. The van der Waals surface area contributed by atoms with Gasteiger partial charge in [0.1, 0.15) is 0 Å². The highest BCUT2D eigenvalue weighted by Crippen LogP contribution is 2.21. The third kappa shape index (κ3) is 1.25. The van der Waals surface area contributed by atoms with Crippen LogP contribution in [0.1, 0.15) is 0 Å². The smallest absolute Gasteiger partial charge is 0.0204 e. The molecule has 0 saturated carbocycles. The number of fused-ring (bicyclic) bond motifs is 1. The summed E-state index contributed by atoms with van der Waals surface area (Å²) in [4.78, 5) is 0. The molecule has 11 heavy (non-hydrogen) atoms. The molecule has 0 radical (unpaired) electrons. The Morgan fingerprint density at radius 3 is 2.55 bits per heavy atom. The van der Waals surface area contributed by atoms with Crippen LogP contribution in [0.2, 0.25) is 0 Å². The van der Waals surface area contributed by atoms with Crippen molar-refractivity contribution in [2.75, 3.05) is 0 Å². The molecule has 0 aliphatic heterocycles. The molecule has 0 heteroatoms. The Labute approximate surface area is 66.9 Å². The fourth-order valence-electron chi connectivity index (χ4n) is 1.33. The Balaban J connectivity index is 2.39. The lowest BCUT2D eigenvalue weighted by atomic mass is 9.95. The molecule has 1 atom stereocenters. The summed E-state index contributed by atoms with van der Waals surface area (Å²) in [5.41, 5.74) is 1.37. The van der Waals surface area contributed by atoms with Crippen molar-refractivity contribution in [2.24, 2.45) is 5.92 Å². The van der Waals surface area contributed by atoms with Gasteiger partial charge in [0, 0.05) is 5.92 Å². The predicted octanol–water partition coefficient (Wildman–Crippen LogP) is 2.78. The van der Waals surface area contributed by atoms with Gasteiger partial charge in [-0.25, -0.2) is 0 Å². The van der Waals surface area contributed by atoms with E-state index in [4.69, 9.17) is 0 Å². The van der Waals surface area contributed by atoms with Gasteiger partial charge in [0.2, 0.25) is 0 Å². The van der Waals surface area contributed by atoms with Gasteiger partial charge in [-0.1, -0.05) is 54.7 Å². The van der Waals surface area contributed by atoms with Crippen LogP contribution in [0.5, 0.6) is 0 Å². The minimum Gasteiger partial charge on any atom is -0.0732 e. The molecule has 0 N–H and O–H groups in total. The van der Waals surface area contributed by atoms with Crippen LogP contribution >= 0.6 is 0 Å². The van der Waals surface area contributed by atoms with Gasteiger partial charge in [-0.3, -0.25) is 0 Å². The molecule has 0 spiro atoms. The van der Waals surface area contributed by atoms with Crippen molar-refractivity contribution in [2.45, 2.75) is 0 Å². The van der Waals surface area contributed by atoms with E-state index < -0.39 is 0 Å². The van der Waals surface area contributed by atoms with Gasteiger partial charge in [-0.2, -0.15) is 0 Å². The molecule has 0 bridgehead atoms. The summed E-state index contributed by atoms with van der Waals surface area (Å²) in [6, 6.07) is 0. The van der Waals surface area contributed by atoms with E-state index in [9.17, 15) is 0 Å². The Morgan fingerprint density at radius 1 is 0.818 bits per heavy atom. The molecule has 0 fully saturated rings. The average molecular weight is 142 g/mol. The normalized spacial score (nSPS) is 26.2. The first-order valence-corrected chi connectivity index (χ1v) is 3.87. The van der Waals surface area contributed by atoms with Crippen LogP contribution in [0, 0.1) is 5.92 Å². The van der Waals surface area contributed by atoms with E-state index in [0.29, 0.717) is 5.92 Å². The summed E-state index contributed by atoms with van der Waals surface area (Å²) < 4.78 is 0. The molecule has 1 unspecified atom stereocenters. The Kier molecular flexibility index (Phi) is 1.60. The quantitative estimate of drug-likeness (QED) is 0.488. The van der Waals surface area contributed by atoms with E-state index in [0.717, 1.165) is 0 Å². The van der Waals surface area contributed by atoms with Crippen LogP contribution in [0.15, 0.2) is 60.3 Å². The average Bonchev–Trinajstić information content (AvgIpc) is 2.28. The molecule has 0 saturated heterocycles. The third-order valence-corrected chi connectivity index (χ3v) is 1.93. The third-order valence-electron chi connectivity index (χ3n) is 1.93. The highest BCUT2D eigenvalue weighted by atomic mass is 14.1. The fourth-order valence-corrected chi connectivity index (χ4v) is 1.33. The van der Waals surface area contributed by atoms with Crippen LogP contribution < -0.4 is 0 Å². The monoisotopic (exact) mass is 142 g/mol. The Hall–Kier alpha value is -1.30. The van der Waals surface area contributed by atoms with Crippen LogP contribution in [-0.2, 0) is 0 Å². The zero-order valence-electron chi connectivity index (χ0n) is 6.27. The van der Waals surface area contributed by atoms with Gasteiger partial charge in [0.05, 0.1) is 0 Å². The van der Waals surface area contributed by atoms with Crippen molar-refractivity contribution in [3.8, 4) is 0 Å². The molecule has 0 heterocycles. The van der Waals surface area contributed by atoms with Gasteiger partial charge >= 0.3 is 0 Å². The molecular weight excluding hydrogens is 132 g/mol. The maximum absolute atomic E-state index is 2.20. The number of hydrogen-bond donors (Lipinski definition) is 0. The van der Waals surface area contributed by atoms with E-state index in [-0.39, 0.29) is 0 Å². The minimum absolute atomic E-state index is 0.495. The topological polar surface area (TPSA) is 0 Å². The van der Waals surface area contributed by atoms with Crippen LogP contribution in [0.3, 0.4) is 0 Å². The molecule has 0 aromatic rings. The van der Waals surface area contributed by atoms with Crippen molar-refractivity contribution < 1.29 is 0 Å². The molecule has 2 rings (SSSR count). The fraction of sp³-hybridized carbons (Fsp3) is 0.0909. The molecule has 2 aliphatic carbocycles. The lowest BCUT2D eigenvalue weighted by molar-refractivity contribution is 0.998. The first kappa shape index (κ1) is 6.41. The predicted molar refractivity (Wildman–Crippen MR) is 48.1 cm³/mol. The number of rotatable bonds is 0. The second-order valence-electron chi connectivity index (χ2n) is 2.71. The maximum Gasteiger partial charge on any atom is 0.0204 e.